The fourth-order valence-electron chi connectivity index (χ4n) is 1.69. The summed E-state index contributed by atoms with van der Waals surface area (Å²) in [5, 5.41) is 9.86. The van der Waals surface area contributed by atoms with E-state index in [1.54, 1.807) is 12.1 Å². The first-order valence-electron chi connectivity index (χ1n) is 5.57. The Balaban J connectivity index is 2.36. The normalized spacial score (nSPS) is 21.8. The molecule has 0 aromatic heterocycles. The van der Waals surface area contributed by atoms with Gasteiger partial charge in [0.15, 0.2) is 0 Å². The first-order chi connectivity index (χ1) is 7.74. The van der Waals surface area contributed by atoms with E-state index < -0.39 is 18.3 Å². The van der Waals surface area contributed by atoms with E-state index in [0.29, 0.717) is 5.46 Å². The van der Waals surface area contributed by atoms with Gasteiger partial charge in [-0.1, -0.05) is 23.7 Å². The summed E-state index contributed by atoms with van der Waals surface area (Å²) in [6.07, 6.45) is 0. The third-order valence-corrected chi connectivity index (χ3v) is 3.93. The first kappa shape index (κ1) is 12.7. The summed E-state index contributed by atoms with van der Waals surface area (Å²) >= 11 is 6.05. The molecule has 0 atom stereocenters. The van der Waals surface area contributed by atoms with Crippen molar-refractivity contribution in [2.45, 2.75) is 38.9 Å². The van der Waals surface area contributed by atoms with E-state index in [2.05, 4.69) is 0 Å². The summed E-state index contributed by atoms with van der Waals surface area (Å²) in [6.45, 7) is 7.90. The maximum absolute atomic E-state index is 9.58. The molecular weight excluding hydrogens is 238 g/mol. The number of halogens is 1. The molecule has 5 heteroatoms. The molecular formula is C12H16BClO3. The van der Waals surface area contributed by atoms with Crippen molar-refractivity contribution in [3.05, 3.63) is 23.2 Å². The number of aromatic hydroxyl groups is 1. The lowest BCUT2D eigenvalue weighted by Crippen LogP contribution is -2.41. The molecule has 1 aliphatic heterocycles. The van der Waals surface area contributed by atoms with Crippen molar-refractivity contribution in [3.8, 4) is 5.75 Å². The molecule has 0 unspecified atom stereocenters. The molecule has 92 valence electrons. The zero-order valence-corrected chi connectivity index (χ0v) is 11.2. The Labute approximate surface area is 107 Å². The van der Waals surface area contributed by atoms with Gasteiger partial charge in [-0.25, -0.2) is 0 Å². The minimum atomic E-state index is -0.542. The van der Waals surface area contributed by atoms with Crippen molar-refractivity contribution in [1.29, 1.82) is 0 Å². The highest BCUT2D eigenvalue weighted by Crippen LogP contribution is 2.37. The summed E-state index contributed by atoms with van der Waals surface area (Å²) in [6, 6.07) is 5.06. The lowest BCUT2D eigenvalue weighted by atomic mass is 9.79. The second-order valence-electron chi connectivity index (χ2n) is 5.27. The maximum atomic E-state index is 9.58. The van der Waals surface area contributed by atoms with Crippen LogP contribution in [0.4, 0.5) is 0 Å². The Morgan fingerprint density at radius 1 is 1.12 bits per heavy atom. The van der Waals surface area contributed by atoms with Crippen LogP contribution in [-0.2, 0) is 9.31 Å². The summed E-state index contributed by atoms with van der Waals surface area (Å²) in [7, 11) is -0.542. The van der Waals surface area contributed by atoms with Crippen molar-refractivity contribution >= 4 is 24.2 Å². The quantitative estimate of drug-likeness (QED) is 0.782. The van der Waals surface area contributed by atoms with Gasteiger partial charge < -0.3 is 14.4 Å². The van der Waals surface area contributed by atoms with Gasteiger partial charge in [0.25, 0.3) is 0 Å². The Hall–Kier alpha value is -0.705. The fourth-order valence-corrected chi connectivity index (χ4v) is 1.90. The van der Waals surface area contributed by atoms with Crippen molar-refractivity contribution in [2.24, 2.45) is 0 Å². The van der Waals surface area contributed by atoms with Crippen LogP contribution < -0.4 is 5.46 Å². The first-order valence-corrected chi connectivity index (χ1v) is 5.95. The maximum Gasteiger partial charge on any atom is 0.496 e. The molecule has 3 nitrogen and oxygen atoms in total. The van der Waals surface area contributed by atoms with Crippen LogP contribution in [0.5, 0.6) is 5.75 Å². The molecule has 1 aromatic carbocycles. The summed E-state index contributed by atoms with van der Waals surface area (Å²) in [5.41, 5.74) is -0.163. The van der Waals surface area contributed by atoms with Gasteiger partial charge in [0.05, 0.1) is 16.2 Å². The third kappa shape index (κ3) is 2.05. The van der Waals surface area contributed by atoms with E-state index in [9.17, 15) is 5.11 Å². The number of hydrogen-bond acceptors (Lipinski definition) is 3. The summed E-state index contributed by atoms with van der Waals surface area (Å²) in [5.74, 6) is 0.0406. The molecule has 2 rings (SSSR count). The molecule has 0 amide bonds. The van der Waals surface area contributed by atoms with Gasteiger partial charge in [-0.2, -0.15) is 0 Å². The number of benzene rings is 1. The highest BCUT2D eigenvalue weighted by molar-refractivity contribution is 6.65. The Morgan fingerprint density at radius 2 is 1.65 bits per heavy atom. The molecule has 0 radical (unpaired) electrons. The summed E-state index contributed by atoms with van der Waals surface area (Å²) < 4.78 is 11.7. The number of hydrogen-bond donors (Lipinski definition) is 1. The molecule has 1 saturated heterocycles. The van der Waals surface area contributed by atoms with Crippen molar-refractivity contribution in [2.75, 3.05) is 0 Å². The molecule has 1 aromatic rings. The van der Waals surface area contributed by atoms with Gasteiger partial charge in [-0.3, -0.25) is 0 Å². The number of rotatable bonds is 1. The predicted molar refractivity (Wildman–Crippen MR) is 68.8 cm³/mol. The second-order valence-corrected chi connectivity index (χ2v) is 5.65. The van der Waals surface area contributed by atoms with Gasteiger partial charge in [-0.05, 0) is 33.8 Å². The van der Waals surface area contributed by atoms with E-state index in [-0.39, 0.29) is 10.8 Å². The molecule has 1 aliphatic rings. The minimum absolute atomic E-state index is 0.0406. The smallest absolute Gasteiger partial charge is 0.496 e. The lowest BCUT2D eigenvalue weighted by molar-refractivity contribution is 0.00578. The van der Waals surface area contributed by atoms with E-state index in [4.69, 9.17) is 20.9 Å². The standard InChI is InChI=1S/C12H16BClO3/c1-11(2)12(3,4)17-13(16-11)8-6-5-7-9(15)10(8)14/h5-7,15H,1-4H3. The van der Waals surface area contributed by atoms with Crippen LogP contribution >= 0.6 is 11.6 Å². The number of phenolic OH excluding ortho intramolecular Hbond substituents is 1. The molecule has 0 spiro atoms. The molecule has 0 bridgehead atoms. The summed E-state index contributed by atoms with van der Waals surface area (Å²) in [4.78, 5) is 0. The Kier molecular flexibility index (Phi) is 2.93. The van der Waals surface area contributed by atoms with Crippen LogP contribution in [0.15, 0.2) is 18.2 Å². The van der Waals surface area contributed by atoms with Crippen LogP contribution in [0.25, 0.3) is 0 Å². The zero-order valence-electron chi connectivity index (χ0n) is 10.5. The third-order valence-electron chi connectivity index (χ3n) is 3.52. The molecule has 1 N–H and O–H groups in total. The average Bonchev–Trinajstić information content (AvgIpc) is 2.40. The molecule has 1 fully saturated rings. The largest absolute Gasteiger partial charge is 0.506 e. The minimum Gasteiger partial charge on any atom is -0.506 e. The SMILES string of the molecule is CC1(C)OB(c2cccc(O)c2Cl)OC1(C)C. The van der Waals surface area contributed by atoms with Gasteiger partial charge >= 0.3 is 7.12 Å². The molecule has 0 saturated carbocycles. The van der Waals surface area contributed by atoms with Crippen LogP contribution in [-0.4, -0.2) is 23.4 Å². The van der Waals surface area contributed by atoms with Crippen LogP contribution in [0.3, 0.4) is 0 Å². The van der Waals surface area contributed by atoms with Crippen LogP contribution in [0.1, 0.15) is 27.7 Å². The topological polar surface area (TPSA) is 38.7 Å². The van der Waals surface area contributed by atoms with Crippen molar-refractivity contribution < 1.29 is 14.4 Å². The van der Waals surface area contributed by atoms with E-state index in [0.717, 1.165) is 0 Å². The highest BCUT2D eigenvalue weighted by Gasteiger charge is 2.52. The monoisotopic (exact) mass is 254 g/mol. The van der Waals surface area contributed by atoms with E-state index in [1.807, 2.05) is 27.7 Å². The predicted octanol–water partition coefficient (Wildman–Crippen LogP) is 2.34. The Morgan fingerprint density at radius 3 is 2.18 bits per heavy atom. The van der Waals surface area contributed by atoms with Gasteiger partial charge in [-0.15, -0.1) is 0 Å². The fraction of sp³-hybridized carbons (Fsp3) is 0.500. The molecule has 1 heterocycles. The van der Waals surface area contributed by atoms with Crippen molar-refractivity contribution in [1.82, 2.24) is 0 Å². The Bertz CT molecular complexity index is 429. The average molecular weight is 255 g/mol. The highest BCUT2D eigenvalue weighted by atomic mass is 35.5. The molecule has 17 heavy (non-hydrogen) atoms. The number of phenols is 1. The lowest BCUT2D eigenvalue weighted by Gasteiger charge is -2.32. The van der Waals surface area contributed by atoms with Gasteiger partial charge in [0.2, 0.25) is 0 Å². The van der Waals surface area contributed by atoms with E-state index in [1.165, 1.54) is 6.07 Å². The van der Waals surface area contributed by atoms with E-state index >= 15 is 0 Å². The zero-order chi connectivity index (χ0) is 12.8. The van der Waals surface area contributed by atoms with Gasteiger partial charge in [0, 0.05) is 5.46 Å². The van der Waals surface area contributed by atoms with Crippen molar-refractivity contribution in [3.63, 3.8) is 0 Å². The second kappa shape index (κ2) is 3.90. The van der Waals surface area contributed by atoms with Gasteiger partial charge in [0.1, 0.15) is 5.75 Å². The van der Waals surface area contributed by atoms with Crippen LogP contribution in [0, 0.1) is 0 Å². The molecule has 0 aliphatic carbocycles. The van der Waals surface area contributed by atoms with Crippen LogP contribution in [0.2, 0.25) is 5.02 Å².